The third-order valence-corrected chi connectivity index (χ3v) is 6.30. The van der Waals surface area contributed by atoms with Crippen LogP contribution in [0.1, 0.15) is 69.3 Å². The number of carbonyl (C=O) groups excluding carboxylic acids is 3. The second-order valence-corrected chi connectivity index (χ2v) is 9.58. The minimum Gasteiger partial charge on any atom is -0.469 e. The summed E-state index contributed by atoms with van der Waals surface area (Å²) >= 11 is 0. The normalized spacial score (nSPS) is 15.7. The molecule has 1 aliphatic heterocycles. The highest BCUT2D eigenvalue weighted by molar-refractivity contribution is 5.95. The highest BCUT2D eigenvalue weighted by atomic mass is 16.5. The van der Waals surface area contributed by atoms with Gasteiger partial charge in [0.1, 0.15) is 0 Å². The summed E-state index contributed by atoms with van der Waals surface area (Å²) in [5, 5.41) is 12.0. The molecule has 174 valence electrons. The maximum absolute atomic E-state index is 13.5. The molecule has 0 aromatic heterocycles. The van der Waals surface area contributed by atoms with Crippen molar-refractivity contribution in [3.05, 3.63) is 35.4 Å². The first-order chi connectivity index (χ1) is 15.1. The van der Waals surface area contributed by atoms with Gasteiger partial charge in [-0.25, -0.2) is 0 Å². The van der Waals surface area contributed by atoms with E-state index in [2.05, 4.69) is 19.2 Å². The average molecular weight is 442 g/mol. The summed E-state index contributed by atoms with van der Waals surface area (Å²) < 4.78 is 4.76. The number of likely N-dealkylation sites (tertiary alicyclic amines) is 1. The molecule has 1 aromatic carbocycles. The standard InChI is InChI=1S/C25H35N3O4/c1-17(2)14-21(27-23(30)20-8-6-19(16-26)7-9-20)25(3,4)24(31)28-12-10-18(11-13-28)15-22(29)32-5/h6-9,17-18,21H,10-15H2,1-5H3,(H,27,30). The Bertz CT molecular complexity index is 847. The predicted molar refractivity (Wildman–Crippen MR) is 122 cm³/mol. The van der Waals surface area contributed by atoms with Crippen LogP contribution in [0.5, 0.6) is 0 Å². The van der Waals surface area contributed by atoms with Crippen molar-refractivity contribution in [3.8, 4) is 6.07 Å². The SMILES string of the molecule is COC(=O)CC1CCN(C(=O)C(C)(C)C(CC(C)C)NC(=O)c2ccc(C#N)cc2)CC1. The van der Waals surface area contributed by atoms with E-state index in [1.54, 1.807) is 24.3 Å². The van der Waals surface area contributed by atoms with Gasteiger partial charge < -0.3 is 15.0 Å². The van der Waals surface area contributed by atoms with Crippen molar-refractivity contribution in [2.45, 2.75) is 59.4 Å². The molecule has 0 radical (unpaired) electrons. The lowest BCUT2D eigenvalue weighted by Crippen LogP contribution is -2.55. The number of benzene rings is 1. The maximum atomic E-state index is 13.5. The molecule has 1 aromatic rings. The monoisotopic (exact) mass is 441 g/mol. The van der Waals surface area contributed by atoms with Gasteiger partial charge in [-0.3, -0.25) is 14.4 Å². The number of methoxy groups -OCH3 is 1. The molecule has 7 heteroatoms. The molecule has 1 atom stereocenters. The van der Waals surface area contributed by atoms with Gasteiger partial charge in [0.2, 0.25) is 5.91 Å². The molecule has 0 aliphatic carbocycles. The van der Waals surface area contributed by atoms with Crippen LogP contribution in [-0.4, -0.2) is 48.9 Å². The Hall–Kier alpha value is -2.88. The Balaban J connectivity index is 2.09. The van der Waals surface area contributed by atoms with Crippen molar-refractivity contribution in [3.63, 3.8) is 0 Å². The van der Waals surface area contributed by atoms with Crippen LogP contribution in [0.15, 0.2) is 24.3 Å². The molecule has 0 spiro atoms. The number of piperidine rings is 1. The molecule has 1 fully saturated rings. The van der Waals surface area contributed by atoms with Gasteiger partial charge in [0.15, 0.2) is 0 Å². The van der Waals surface area contributed by atoms with Crippen molar-refractivity contribution < 1.29 is 19.1 Å². The molecule has 0 bridgehead atoms. The minimum absolute atomic E-state index is 0.0137. The molecule has 1 aliphatic rings. The Morgan fingerprint density at radius 1 is 1.19 bits per heavy atom. The van der Waals surface area contributed by atoms with E-state index in [0.29, 0.717) is 43.0 Å². The molecule has 1 unspecified atom stereocenters. The van der Waals surface area contributed by atoms with E-state index in [-0.39, 0.29) is 29.7 Å². The molecule has 1 saturated heterocycles. The largest absolute Gasteiger partial charge is 0.469 e. The van der Waals surface area contributed by atoms with Gasteiger partial charge >= 0.3 is 5.97 Å². The fourth-order valence-electron chi connectivity index (χ4n) is 4.16. The number of amides is 2. The van der Waals surface area contributed by atoms with Crippen molar-refractivity contribution in [1.29, 1.82) is 5.26 Å². The van der Waals surface area contributed by atoms with Gasteiger partial charge in [-0.2, -0.15) is 5.26 Å². The first-order valence-corrected chi connectivity index (χ1v) is 11.3. The Morgan fingerprint density at radius 3 is 2.28 bits per heavy atom. The van der Waals surface area contributed by atoms with Crippen molar-refractivity contribution in [2.24, 2.45) is 17.3 Å². The Kier molecular flexibility index (Phi) is 8.82. The lowest BCUT2D eigenvalue weighted by molar-refractivity contribution is -0.144. The number of nitrogens with one attached hydrogen (secondary N) is 1. The van der Waals surface area contributed by atoms with Crippen LogP contribution < -0.4 is 5.32 Å². The third kappa shape index (κ3) is 6.56. The zero-order valence-electron chi connectivity index (χ0n) is 19.8. The molecule has 2 amide bonds. The van der Waals surface area contributed by atoms with E-state index in [0.717, 1.165) is 12.8 Å². The van der Waals surface area contributed by atoms with Gasteiger partial charge in [-0.05, 0) is 69.2 Å². The van der Waals surface area contributed by atoms with E-state index in [9.17, 15) is 14.4 Å². The second kappa shape index (κ2) is 11.1. The van der Waals surface area contributed by atoms with E-state index in [1.807, 2.05) is 24.8 Å². The summed E-state index contributed by atoms with van der Waals surface area (Å²) in [7, 11) is 1.39. The molecule has 2 rings (SSSR count). The second-order valence-electron chi connectivity index (χ2n) is 9.58. The highest BCUT2D eigenvalue weighted by Gasteiger charge is 2.41. The predicted octanol–water partition coefficient (Wildman–Crippen LogP) is 3.53. The van der Waals surface area contributed by atoms with Crippen LogP contribution in [0.3, 0.4) is 0 Å². The zero-order chi connectivity index (χ0) is 23.9. The molecule has 1 N–H and O–H groups in total. The number of ether oxygens (including phenoxy) is 1. The number of hydrogen-bond donors (Lipinski definition) is 1. The van der Waals surface area contributed by atoms with Crippen LogP contribution in [-0.2, 0) is 14.3 Å². The molecule has 1 heterocycles. The fraction of sp³-hybridized carbons (Fsp3) is 0.600. The number of hydrogen-bond acceptors (Lipinski definition) is 5. The first kappa shape index (κ1) is 25.4. The van der Waals surface area contributed by atoms with Gasteiger partial charge in [0, 0.05) is 31.1 Å². The zero-order valence-corrected chi connectivity index (χ0v) is 19.8. The number of nitrogens with zero attached hydrogens (tertiary/aromatic N) is 2. The number of carbonyl (C=O) groups is 3. The summed E-state index contributed by atoms with van der Waals surface area (Å²) in [5.41, 5.74) is 0.165. The van der Waals surface area contributed by atoms with Crippen LogP contribution in [0.2, 0.25) is 0 Å². The molecule has 32 heavy (non-hydrogen) atoms. The van der Waals surface area contributed by atoms with Crippen LogP contribution in [0.4, 0.5) is 0 Å². The third-order valence-electron chi connectivity index (χ3n) is 6.30. The lowest BCUT2D eigenvalue weighted by atomic mass is 9.78. The molecular weight excluding hydrogens is 406 g/mol. The van der Waals surface area contributed by atoms with Crippen molar-refractivity contribution >= 4 is 17.8 Å². The minimum atomic E-state index is -0.790. The fourth-order valence-corrected chi connectivity index (χ4v) is 4.16. The topological polar surface area (TPSA) is 99.5 Å². The number of nitriles is 1. The van der Waals surface area contributed by atoms with E-state index in [1.165, 1.54) is 7.11 Å². The maximum Gasteiger partial charge on any atom is 0.305 e. The summed E-state index contributed by atoms with van der Waals surface area (Å²) in [4.78, 5) is 39.8. The van der Waals surface area contributed by atoms with Gasteiger partial charge in [-0.15, -0.1) is 0 Å². The Morgan fingerprint density at radius 2 is 1.78 bits per heavy atom. The van der Waals surface area contributed by atoms with Crippen LogP contribution in [0, 0.1) is 28.6 Å². The van der Waals surface area contributed by atoms with Gasteiger partial charge in [-0.1, -0.05) is 13.8 Å². The Labute approximate surface area is 191 Å². The van der Waals surface area contributed by atoms with Gasteiger partial charge in [0.25, 0.3) is 5.91 Å². The quantitative estimate of drug-likeness (QED) is 0.622. The van der Waals surface area contributed by atoms with E-state index in [4.69, 9.17) is 10.00 Å². The van der Waals surface area contributed by atoms with E-state index >= 15 is 0 Å². The van der Waals surface area contributed by atoms with Crippen LogP contribution >= 0.6 is 0 Å². The summed E-state index contributed by atoms with van der Waals surface area (Å²) in [6, 6.07) is 8.18. The number of esters is 1. The smallest absolute Gasteiger partial charge is 0.305 e. The van der Waals surface area contributed by atoms with Gasteiger partial charge in [0.05, 0.1) is 24.2 Å². The first-order valence-electron chi connectivity index (χ1n) is 11.3. The molecule has 0 saturated carbocycles. The summed E-state index contributed by atoms with van der Waals surface area (Å²) in [6.45, 7) is 9.12. The average Bonchev–Trinajstić information content (AvgIpc) is 2.78. The van der Waals surface area contributed by atoms with Crippen molar-refractivity contribution in [2.75, 3.05) is 20.2 Å². The lowest BCUT2D eigenvalue weighted by Gasteiger charge is -2.41. The highest BCUT2D eigenvalue weighted by Crippen LogP contribution is 2.31. The van der Waals surface area contributed by atoms with Crippen LogP contribution in [0.25, 0.3) is 0 Å². The number of rotatable bonds is 8. The summed E-state index contributed by atoms with van der Waals surface area (Å²) in [6.07, 6.45) is 2.59. The van der Waals surface area contributed by atoms with Crippen molar-refractivity contribution in [1.82, 2.24) is 10.2 Å². The summed E-state index contributed by atoms with van der Waals surface area (Å²) in [5.74, 6) is 0.0755. The molecular formula is C25H35N3O4. The molecule has 7 nitrogen and oxygen atoms in total. The van der Waals surface area contributed by atoms with E-state index < -0.39 is 5.41 Å².